The van der Waals surface area contributed by atoms with Gasteiger partial charge in [0.1, 0.15) is 0 Å². The van der Waals surface area contributed by atoms with Crippen molar-refractivity contribution in [2.24, 2.45) is 17.3 Å². The number of amides is 2. The summed E-state index contributed by atoms with van der Waals surface area (Å²) >= 11 is 0. The first-order chi connectivity index (χ1) is 9.75. The number of hydrogen-bond donors (Lipinski definition) is 2. The van der Waals surface area contributed by atoms with E-state index in [1.165, 1.54) is 0 Å². The molecule has 2 N–H and O–H groups in total. The Morgan fingerprint density at radius 2 is 1.86 bits per heavy atom. The van der Waals surface area contributed by atoms with E-state index in [9.17, 15) is 9.90 Å². The van der Waals surface area contributed by atoms with Gasteiger partial charge in [0.25, 0.3) is 0 Å². The van der Waals surface area contributed by atoms with Gasteiger partial charge < -0.3 is 15.3 Å². The first kappa shape index (κ1) is 18.3. The lowest BCUT2D eigenvalue weighted by Crippen LogP contribution is -2.47. The van der Waals surface area contributed by atoms with E-state index < -0.39 is 0 Å². The Morgan fingerprint density at radius 3 is 2.33 bits per heavy atom. The lowest BCUT2D eigenvalue weighted by atomic mass is 9.84. The molecule has 21 heavy (non-hydrogen) atoms. The van der Waals surface area contributed by atoms with E-state index in [1.54, 1.807) is 0 Å². The summed E-state index contributed by atoms with van der Waals surface area (Å²) in [4.78, 5) is 14.2. The number of aliphatic hydroxyl groups excluding tert-OH is 1. The molecule has 0 aromatic carbocycles. The van der Waals surface area contributed by atoms with Gasteiger partial charge in [0.15, 0.2) is 0 Å². The van der Waals surface area contributed by atoms with Crippen LogP contribution in [0.5, 0.6) is 0 Å². The van der Waals surface area contributed by atoms with E-state index in [2.05, 4.69) is 33.0 Å². The topological polar surface area (TPSA) is 52.6 Å². The maximum atomic E-state index is 12.3. The molecule has 0 spiro atoms. The van der Waals surface area contributed by atoms with Gasteiger partial charge in [-0.3, -0.25) is 0 Å². The summed E-state index contributed by atoms with van der Waals surface area (Å²) in [5.41, 5.74) is 0.138. The van der Waals surface area contributed by atoms with Crippen molar-refractivity contribution in [1.29, 1.82) is 0 Å². The van der Waals surface area contributed by atoms with E-state index in [4.69, 9.17) is 0 Å². The SMILES string of the molecule is CC(C)CC(C)(C)CNC(=O)N(C)C1CCC(CO)CC1. The molecule has 0 aromatic heterocycles. The monoisotopic (exact) mass is 298 g/mol. The maximum absolute atomic E-state index is 12.3. The van der Waals surface area contributed by atoms with Gasteiger partial charge in [0, 0.05) is 26.2 Å². The first-order valence-corrected chi connectivity index (χ1v) is 8.36. The molecule has 4 nitrogen and oxygen atoms in total. The second-order valence-corrected chi connectivity index (χ2v) is 7.89. The third-order valence-electron chi connectivity index (χ3n) is 4.62. The quantitative estimate of drug-likeness (QED) is 0.791. The van der Waals surface area contributed by atoms with Gasteiger partial charge in [0.05, 0.1) is 0 Å². The Labute approximate surface area is 130 Å². The number of aliphatic hydroxyl groups is 1. The van der Waals surface area contributed by atoms with Crippen LogP contribution in [0.4, 0.5) is 4.79 Å². The second-order valence-electron chi connectivity index (χ2n) is 7.89. The highest BCUT2D eigenvalue weighted by Crippen LogP contribution is 2.27. The molecule has 0 bridgehead atoms. The van der Waals surface area contributed by atoms with Gasteiger partial charge in [0.2, 0.25) is 0 Å². The summed E-state index contributed by atoms with van der Waals surface area (Å²) in [6.07, 6.45) is 5.17. The van der Waals surface area contributed by atoms with Crippen molar-refractivity contribution < 1.29 is 9.90 Å². The molecule has 0 radical (unpaired) electrons. The number of urea groups is 1. The van der Waals surface area contributed by atoms with Gasteiger partial charge in [-0.2, -0.15) is 0 Å². The summed E-state index contributed by atoms with van der Waals surface area (Å²) in [6, 6.07) is 0.361. The molecule has 124 valence electrons. The molecule has 1 aliphatic rings. The van der Waals surface area contributed by atoms with Crippen molar-refractivity contribution in [3.05, 3.63) is 0 Å². The Balaban J connectivity index is 2.38. The smallest absolute Gasteiger partial charge is 0.317 e. The Bertz CT molecular complexity index is 321. The number of nitrogens with one attached hydrogen (secondary N) is 1. The molecule has 0 aliphatic heterocycles. The van der Waals surface area contributed by atoms with Gasteiger partial charge in [-0.15, -0.1) is 0 Å². The standard InChI is InChI=1S/C17H34N2O2/c1-13(2)10-17(3,4)12-18-16(21)19(5)15-8-6-14(11-20)7-9-15/h13-15,20H,6-12H2,1-5H3,(H,18,21). The third-order valence-corrected chi connectivity index (χ3v) is 4.62. The van der Waals surface area contributed by atoms with Gasteiger partial charge in [-0.05, 0) is 49.4 Å². The van der Waals surface area contributed by atoms with Crippen molar-refractivity contribution in [2.45, 2.75) is 65.8 Å². The van der Waals surface area contributed by atoms with Crippen LogP contribution in [0, 0.1) is 17.3 Å². The van der Waals surface area contributed by atoms with Crippen LogP contribution in [0.25, 0.3) is 0 Å². The van der Waals surface area contributed by atoms with E-state index in [0.717, 1.165) is 38.6 Å². The number of carbonyl (C=O) groups excluding carboxylic acids is 1. The fraction of sp³-hybridized carbons (Fsp3) is 0.941. The fourth-order valence-corrected chi connectivity index (χ4v) is 3.50. The molecule has 1 saturated carbocycles. The van der Waals surface area contributed by atoms with Crippen molar-refractivity contribution in [2.75, 3.05) is 20.2 Å². The van der Waals surface area contributed by atoms with Crippen molar-refractivity contribution in [3.8, 4) is 0 Å². The molecule has 1 fully saturated rings. The summed E-state index contributed by atoms with van der Waals surface area (Å²) < 4.78 is 0. The molecule has 0 saturated heterocycles. The fourth-order valence-electron chi connectivity index (χ4n) is 3.50. The molecule has 0 atom stereocenters. The highest BCUT2D eigenvalue weighted by Gasteiger charge is 2.27. The Hall–Kier alpha value is -0.770. The minimum atomic E-state index is 0.0410. The first-order valence-electron chi connectivity index (χ1n) is 8.36. The molecule has 0 heterocycles. The summed E-state index contributed by atoms with van der Waals surface area (Å²) in [7, 11) is 1.90. The zero-order valence-electron chi connectivity index (χ0n) is 14.5. The lowest BCUT2D eigenvalue weighted by Gasteiger charge is -2.35. The van der Waals surface area contributed by atoms with Gasteiger partial charge >= 0.3 is 6.03 Å². The van der Waals surface area contributed by atoms with Crippen molar-refractivity contribution in [1.82, 2.24) is 10.2 Å². The number of nitrogens with zero attached hydrogens (tertiary/aromatic N) is 1. The molecular weight excluding hydrogens is 264 g/mol. The molecule has 1 rings (SSSR count). The molecule has 0 aromatic rings. The van der Waals surface area contributed by atoms with Crippen LogP contribution in [-0.4, -0.2) is 42.3 Å². The predicted molar refractivity (Wildman–Crippen MR) is 87.2 cm³/mol. The van der Waals surface area contributed by atoms with E-state index >= 15 is 0 Å². The maximum Gasteiger partial charge on any atom is 0.317 e. The van der Waals surface area contributed by atoms with Crippen molar-refractivity contribution >= 4 is 6.03 Å². The summed E-state index contributed by atoms with van der Waals surface area (Å²) in [5, 5.41) is 12.3. The molecule has 0 unspecified atom stereocenters. The highest BCUT2D eigenvalue weighted by molar-refractivity contribution is 5.74. The average Bonchev–Trinajstić information content (AvgIpc) is 2.43. The lowest BCUT2D eigenvalue weighted by molar-refractivity contribution is 0.131. The van der Waals surface area contributed by atoms with Crippen LogP contribution in [0.15, 0.2) is 0 Å². The van der Waals surface area contributed by atoms with Crippen LogP contribution >= 0.6 is 0 Å². The predicted octanol–water partition coefficient (Wildman–Crippen LogP) is 3.25. The Morgan fingerprint density at radius 1 is 1.29 bits per heavy atom. The minimum absolute atomic E-state index is 0.0410. The van der Waals surface area contributed by atoms with Crippen LogP contribution in [0.2, 0.25) is 0 Å². The molecule has 1 aliphatic carbocycles. The van der Waals surface area contributed by atoms with E-state index in [1.807, 2.05) is 11.9 Å². The number of carbonyl (C=O) groups is 1. The van der Waals surface area contributed by atoms with Crippen LogP contribution in [-0.2, 0) is 0 Å². The van der Waals surface area contributed by atoms with E-state index in [0.29, 0.717) is 17.9 Å². The molecule has 2 amide bonds. The largest absolute Gasteiger partial charge is 0.396 e. The van der Waals surface area contributed by atoms with Crippen LogP contribution in [0.3, 0.4) is 0 Å². The molecular formula is C17H34N2O2. The van der Waals surface area contributed by atoms with Crippen LogP contribution < -0.4 is 5.32 Å². The van der Waals surface area contributed by atoms with Gasteiger partial charge in [-0.25, -0.2) is 4.79 Å². The minimum Gasteiger partial charge on any atom is -0.396 e. The number of rotatable bonds is 6. The average molecular weight is 298 g/mol. The molecule has 4 heteroatoms. The highest BCUT2D eigenvalue weighted by atomic mass is 16.3. The third kappa shape index (κ3) is 6.25. The van der Waals surface area contributed by atoms with Gasteiger partial charge in [-0.1, -0.05) is 27.7 Å². The number of hydrogen-bond acceptors (Lipinski definition) is 2. The zero-order valence-corrected chi connectivity index (χ0v) is 14.5. The Kier molecular flexibility index (Phi) is 6.98. The summed E-state index contributed by atoms with van der Waals surface area (Å²) in [5.74, 6) is 1.08. The zero-order chi connectivity index (χ0) is 16.0. The van der Waals surface area contributed by atoms with E-state index in [-0.39, 0.29) is 18.1 Å². The van der Waals surface area contributed by atoms with Crippen LogP contribution in [0.1, 0.15) is 59.8 Å². The van der Waals surface area contributed by atoms with Crippen molar-refractivity contribution in [3.63, 3.8) is 0 Å². The second kappa shape index (κ2) is 8.02. The normalized spacial score (nSPS) is 23.2. The summed E-state index contributed by atoms with van der Waals surface area (Å²) in [6.45, 7) is 9.86.